The molecule has 1 aliphatic heterocycles. The molecule has 1 aromatic heterocycles. The van der Waals surface area contributed by atoms with Gasteiger partial charge in [-0.2, -0.15) is 5.10 Å². The molecule has 2 atom stereocenters. The van der Waals surface area contributed by atoms with E-state index in [9.17, 15) is 4.79 Å². The molecule has 4 nitrogen and oxygen atoms in total. The Labute approximate surface area is 144 Å². The fourth-order valence-corrected chi connectivity index (χ4v) is 3.69. The summed E-state index contributed by atoms with van der Waals surface area (Å²) < 4.78 is 2.10. The molecule has 2 unspecified atom stereocenters. The quantitative estimate of drug-likeness (QED) is 0.916. The number of carbonyl (C=O) groups is 1. The second-order valence-corrected chi connectivity index (χ2v) is 7.19. The van der Waals surface area contributed by atoms with Crippen molar-refractivity contribution >= 4 is 5.91 Å². The maximum atomic E-state index is 11.6. The number of benzene rings is 1. The average Bonchev–Trinajstić information content (AvgIpc) is 3.09. The Hall–Kier alpha value is -2.10. The Morgan fingerprint density at radius 2 is 1.75 bits per heavy atom. The highest BCUT2D eigenvalue weighted by Crippen LogP contribution is 2.31. The third-order valence-electron chi connectivity index (χ3n) is 5.18. The van der Waals surface area contributed by atoms with E-state index in [1.165, 1.54) is 16.7 Å². The van der Waals surface area contributed by atoms with Crippen LogP contribution < -0.4 is 5.32 Å². The van der Waals surface area contributed by atoms with Gasteiger partial charge >= 0.3 is 0 Å². The van der Waals surface area contributed by atoms with Gasteiger partial charge in [0.25, 0.3) is 0 Å². The van der Waals surface area contributed by atoms with Crippen LogP contribution in [0.15, 0.2) is 24.3 Å². The molecule has 1 saturated heterocycles. The van der Waals surface area contributed by atoms with Crippen LogP contribution in [0.4, 0.5) is 0 Å². The minimum absolute atomic E-state index is 0.113. The molecule has 0 spiro atoms. The van der Waals surface area contributed by atoms with E-state index in [0.29, 0.717) is 12.3 Å². The number of nitrogens with one attached hydrogen (secondary N) is 1. The molecule has 1 aliphatic rings. The lowest BCUT2D eigenvalue weighted by atomic mass is 9.99. The van der Waals surface area contributed by atoms with Crippen LogP contribution in [0.3, 0.4) is 0 Å². The van der Waals surface area contributed by atoms with Gasteiger partial charge in [-0.05, 0) is 44.2 Å². The Morgan fingerprint density at radius 1 is 1.12 bits per heavy atom. The molecular weight excluding hydrogens is 298 g/mol. The predicted molar refractivity (Wildman–Crippen MR) is 96.2 cm³/mol. The SMILES string of the molecule is Cc1nn(C(C)c2ccc(C(C)C)cc2)c(C)c1C1CCC(=O)N1. The monoisotopic (exact) mass is 325 g/mol. The predicted octanol–water partition coefficient (Wildman–Crippen LogP) is 4.18. The maximum absolute atomic E-state index is 11.6. The smallest absolute Gasteiger partial charge is 0.220 e. The summed E-state index contributed by atoms with van der Waals surface area (Å²) >= 11 is 0. The van der Waals surface area contributed by atoms with E-state index in [0.717, 1.165) is 17.8 Å². The van der Waals surface area contributed by atoms with Gasteiger partial charge in [-0.3, -0.25) is 9.48 Å². The van der Waals surface area contributed by atoms with Crippen molar-refractivity contribution in [2.24, 2.45) is 0 Å². The van der Waals surface area contributed by atoms with E-state index >= 15 is 0 Å². The number of aryl methyl sites for hydroxylation is 1. The third-order valence-corrected chi connectivity index (χ3v) is 5.18. The van der Waals surface area contributed by atoms with Crippen LogP contribution in [-0.2, 0) is 4.79 Å². The highest BCUT2D eigenvalue weighted by molar-refractivity contribution is 5.78. The third kappa shape index (κ3) is 2.97. The highest BCUT2D eigenvalue weighted by Gasteiger charge is 2.28. The lowest BCUT2D eigenvalue weighted by Crippen LogP contribution is -2.19. The van der Waals surface area contributed by atoms with Gasteiger partial charge in [0, 0.05) is 17.7 Å². The zero-order valence-corrected chi connectivity index (χ0v) is 15.3. The Kier molecular flexibility index (Phi) is 4.48. The molecule has 1 N–H and O–H groups in total. The molecule has 2 aromatic rings. The summed E-state index contributed by atoms with van der Waals surface area (Å²) in [6, 6.07) is 9.11. The van der Waals surface area contributed by atoms with E-state index in [-0.39, 0.29) is 18.0 Å². The first-order chi connectivity index (χ1) is 11.4. The molecule has 1 amide bonds. The number of hydrogen-bond donors (Lipinski definition) is 1. The molecule has 1 aromatic carbocycles. The first-order valence-electron chi connectivity index (χ1n) is 8.83. The van der Waals surface area contributed by atoms with Crippen LogP contribution in [0.1, 0.15) is 79.7 Å². The van der Waals surface area contributed by atoms with E-state index in [1.807, 2.05) is 6.92 Å². The lowest BCUT2D eigenvalue weighted by Gasteiger charge is -2.17. The number of carbonyl (C=O) groups excluding carboxylic acids is 1. The second-order valence-electron chi connectivity index (χ2n) is 7.19. The van der Waals surface area contributed by atoms with Gasteiger partial charge in [-0.15, -0.1) is 0 Å². The minimum Gasteiger partial charge on any atom is -0.349 e. The summed E-state index contributed by atoms with van der Waals surface area (Å²) in [6.45, 7) is 10.8. The average molecular weight is 325 g/mol. The molecule has 0 bridgehead atoms. The first kappa shape index (κ1) is 16.7. The number of amides is 1. The van der Waals surface area contributed by atoms with Crippen molar-refractivity contribution in [3.05, 3.63) is 52.3 Å². The minimum atomic E-state index is 0.113. The molecule has 4 heteroatoms. The molecule has 0 radical (unpaired) electrons. The second kappa shape index (κ2) is 6.42. The van der Waals surface area contributed by atoms with Crippen LogP contribution in [0.2, 0.25) is 0 Å². The molecule has 3 rings (SSSR count). The van der Waals surface area contributed by atoms with Crippen molar-refractivity contribution in [2.45, 2.75) is 65.5 Å². The molecule has 0 saturated carbocycles. The Morgan fingerprint density at radius 3 is 2.29 bits per heavy atom. The van der Waals surface area contributed by atoms with Crippen LogP contribution >= 0.6 is 0 Å². The first-order valence-corrected chi connectivity index (χ1v) is 8.83. The van der Waals surface area contributed by atoms with E-state index in [4.69, 9.17) is 5.10 Å². The van der Waals surface area contributed by atoms with Gasteiger partial charge in [0.1, 0.15) is 0 Å². The number of nitrogens with zero attached hydrogens (tertiary/aromatic N) is 2. The summed E-state index contributed by atoms with van der Waals surface area (Å²) in [4.78, 5) is 11.6. The zero-order chi connectivity index (χ0) is 17.4. The van der Waals surface area contributed by atoms with Gasteiger partial charge in [0.2, 0.25) is 5.91 Å². The van der Waals surface area contributed by atoms with Crippen molar-refractivity contribution < 1.29 is 4.79 Å². The standard InChI is InChI=1S/C20H27N3O/c1-12(2)16-6-8-17(9-7-16)14(4)23-15(5)20(13(3)22-23)18-10-11-19(24)21-18/h6-9,12,14,18H,10-11H2,1-5H3,(H,21,24). The topological polar surface area (TPSA) is 46.9 Å². The van der Waals surface area contributed by atoms with E-state index in [1.54, 1.807) is 0 Å². The summed E-state index contributed by atoms with van der Waals surface area (Å²) in [5.41, 5.74) is 5.97. The highest BCUT2D eigenvalue weighted by atomic mass is 16.1. The number of aromatic nitrogens is 2. The lowest BCUT2D eigenvalue weighted by molar-refractivity contribution is -0.119. The molecule has 2 heterocycles. The maximum Gasteiger partial charge on any atom is 0.220 e. The fourth-order valence-electron chi connectivity index (χ4n) is 3.69. The van der Waals surface area contributed by atoms with Gasteiger partial charge in [-0.1, -0.05) is 38.1 Å². The number of rotatable bonds is 4. The summed E-state index contributed by atoms with van der Waals surface area (Å²) in [7, 11) is 0. The van der Waals surface area contributed by atoms with E-state index in [2.05, 4.69) is 62.0 Å². The molecule has 128 valence electrons. The molecule has 24 heavy (non-hydrogen) atoms. The summed E-state index contributed by atoms with van der Waals surface area (Å²) in [6.07, 6.45) is 1.48. The van der Waals surface area contributed by atoms with Gasteiger partial charge in [-0.25, -0.2) is 0 Å². The Bertz CT molecular complexity index is 743. The van der Waals surface area contributed by atoms with Crippen molar-refractivity contribution in [1.29, 1.82) is 0 Å². The van der Waals surface area contributed by atoms with Crippen molar-refractivity contribution in [2.75, 3.05) is 0 Å². The molecule has 0 aliphatic carbocycles. The van der Waals surface area contributed by atoms with Crippen LogP contribution in [0.5, 0.6) is 0 Å². The van der Waals surface area contributed by atoms with Gasteiger partial charge in [0.05, 0.1) is 17.8 Å². The Balaban J connectivity index is 1.90. The van der Waals surface area contributed by atoms with Crippen molar-refractivity contribution in [1.82, 2.24) is 15.1 Å². The van der Waals surface area contributed by atoms with Crippen LogP contribution in [-0.4, -0.2) is 15.7 Å². The van der Waals surface area contributed by atoms with Crippen molar-refractivity contribution in [3.8, 4) is 0 Å². The zero-order valence-electron chi connectivity index (χ0n) is 15.3. The van der Waals surface area contributed by atoms with Crippen LogP contribution in [0.25, 0.3) is 0 Å². The molecule has 1 fully saturated rings. The van der Waals surface area contributed by atoms with E-state index < -0.39 is 0 Å². The number of hydrogen-bond acceptors (Lipinski definition) is 2. The molecular formula is C20H27N3O. The van der Waals surface area contributed by atoms with Gasteiger partial charge in [0.15, 0.2) is 0 Å². The fraction of sp³-hybridized carbons (Fsp3) is 0.500. The largest absolute Gasteiger partial charge is 0.349 e. The van der Waals surface area contributed by atoms with Crippen molar-refractivity contribution in [3.63, 3.8) is 0 Å². The normalized spacial score (nSPS) is 18.9. The van der Waals surface area contributed by atoms with Crippen LogP contribution in [0, 0.1) is 13.8 Å². The summed E-state index contributed by atoms with van der Waals surface area (Å²) in [5, 5.41) is 7.85. The summed E-state index contributed by atoms with van der Waals surface area (Å²) in [5.74, 6) is 0.685. The van der Waals surface area contributed by atoms with Gasteiger partial charge < -0.3 is 5.32 Å².